The molecule has 0 aliphatic carbocycles. The molecule has 2 bridgehead atoms. The molecule has 0 aromatic rings. The average molecular weight is 493 g/mol. The van der Waals surface area contributed by atoms with Crippen LogP contribution in [0.15, 0.2) is 4.99 Å². The minimum atomic E-state index is 0. The van der Waals surface area contributed by atoms with E-state index in [-0.39, 0.29) is 35.9 Å². The second kappa shape index (κ2) is 10.8. The molecule has 1 unspecified atom stereocenters. The molecule has 4 rings (SSSR count). The van der Waals surface area contributed by atoms with Crippen molar-refractivity contribution in [3.63, 3.8) is 0 Å². The molecule has 156 valence electrons. The average Bonchev–Trinajstić information content (AvgIpc) is 2.64. The molecule has 4 aliphatic heterocycles. The minimum absolute atomic E-state index is 0. The normalized spacial score (nSPS) is 28.8. The highest BCUT2D eigenvalue weighted by Crippen LogP contribution is 2.15. The van der Waals surface area contributed by atoms with Gasteiger partial charge in [0.2, 0.25) is 5.91 Å². The monoisotopic (exact) mass is 493 g/mol. The summed E-state index contributed by atoms with van der Waals surface area (Å²) in [7, 11) is 1.86. The molecule has 0 spiro atoms. The number of carbonyl (C=O) groups excluding carboxylic acids is 1. The van der Waals surface area contributed by atoms with E-state index < -0.39 is 0 Å². The van der Waals surface area contributed by atoms with Crippen molar-refractivity contribution in [2.24, 2.45) is 4.99 Å². The summed E-state index contributed by atoms with van der Waals surface area (Å²) in [6, 6.07) is 0.796. The molecule has 0 radical (unpaired) electrons. The van der Waals surface area contributed by atoms with E-state index in [0.717, 1.165) is 38.7 Å². The fourth-order valence-corrected chi connectivity index (χ4v) is 4.15. The zero-order valence-electron chi connectivity index (χ0n) is 17.0. The molecule has 9 heteroatoms. The Balaban J connectivity index is 0.00000261. The number of carbonyl (C=O) groups is 1. The Labute approximate surface area is 180 Å². The lowest BCUT2D eigenvalue weighted by molar-refractivity contribution is -0.123. The zero-order valence-corrected chi connectivity index (χ0v) is 19.3. The Bertz CT molecular complexity index is 500. The fourth-order valence-electron chi connectivity index (χ4n) is 4.15. The first kappa shape index (κ1) is 22.6. The van der Waals surface area contributed by atoms with Crippen LogP contribution >= 0.6 is 24.0 Å². The Morgan fingerprint density at radius 3 is 2.26 bits per heavy atom. The van der Waals surface area contributed by atoms with Gasteiger partial charge in [0.25, 0.3) is 0 Å². The molecular formula is C18H36IN7O. The molecule has 0 aromatic carbocycles. The van der Waals surface area contributed by atoms with Gasteiger partial charge in [-0.05, 0) is 13.8 Å². The van der Waals surface area contributed by atoms with Crippen LogP contribution in [-0.2, 0) is 4.79 Å². The van der Waals surface area contributed by atoms with Crippen molar-refractivity contribution in [1.29, 1.82) is 0 Å². The molecule has 1 amide bonds. The number of nitrogens with one attached hydrogen (secondary N) is 2. The van der Waals surface area contributed by atoms with Crippen molar-refractivity contribution in [2.75, 3.05) is 79.0 Å². The van der Waals surface area contributed by atoms with Crippen LogP contribution in [0.4, 0.5) is 0 Å². The highest BCUT2D eigenvalue weighted by molar-refractivity contribution is 14.0. The van der Waals surface area contributed by atoms with Crippen molar-refractivity contribution in [3.8, 4) is 0 Å². The smallest absolute Gasteiger partial charge is 0.234 e. The van der Waals surface area contributed by atoms with Crippen LogP contribution in [0, 0.1) is 0 Å². The summed E-state index contributed by atoms with van der Waals surface area (Å²) in [5.74, 6) is 1.11. The van der Waals surface area contributed by atoms with Gasteiger partial charge in [0.15, 0.2) is 5.96 Å². The minimum Gasteiger partial charge on any atom is -0.355 e. The number of piperazine rings is 4. The number of guanidine groups is 1. The summed E-state index contributed by atoms with van der Waals surface area (Å²) in [5, 5.41) is 6.55. The number of rotatable bonds is 5. The zero-order chi connectivity index (χ0) is 18.5. The Morgan fingerprint density at radius 1 is 1.07 bits per heavy atom. The molecule has 4 fully saturated rings. The summed E-state index contributed by atoms with van der Waals surface area (Å²) in [4.78, 5) is 26.1. The van der Waals surface area contributed by atoms with Gasteiger partial charge in [-0.1, -0.05) is 0 Å². The van der Waals surface area contributed by atoms with E-state index in [1.165, 1.54) is 32.7 Å². The van der Waals surface area contributed by atoms with E-state index in [4.69, 9.17) is 0 Å². The van der Waals surface area contributed by atoms with E-state index in [1.54, 1.807) is 0 Å². The van der Waals surface area contributed by atoms with Gasteiger partial charge in [0, 0.05) is 84.6 Å². The van der Waals surface area contributed by atoms with Crippen molar-refractivity contribution in [2.45, 2.75) is 25.9 Å². The summed E-state index contributed by atoms with van der Waals surface area (Å²) in [6.07, 6.45) is 0. The number of nitrogens with zero attached hydrogens (tertiary/aromatic N) is 5. The first-order chi connectivity index (χ1) is 12.5. The number of aliphatic imine (C=N–C) groups is 1. The SMILES string of the molecule is CN=C(NCC1CN2CCN1CC2)N1CCN(CC(=O)NC(C)C)CC1.I. The lowest BCUT2D eigenvalue weighted by Gasteiger charge is -2.47. The van der Waals surface area contributed by atoms with Crippen molar-refractivity contribution < 1.29 is 4.79 Å². The molecular weight excluding hydrogens is 457 g/mol. The summed E-state index contributed by atoms with van der Waals surface area (Å²) in [6.45, 7) is 15.1. The van der Waals surface area contributed by atoms with Gasteiger partial charge >= 0.3 is 0 Å². The number of amides is 1. The lowest BCUT2D eigenvalue weighted by Crippen LogP contribution is -2.64. The number of fused-ring (bicyclic) bond motifs is 3. The Morgan fingerprint density at radius 2 is 1.74 bits per heavy atom. The van der Waals surface area contributed by atoms with Gasteiger partial charge < -0.3 is 15.5 Å². The molecule has 0 aromatic heterocycles. The first-order valence-electron chi connectivity index (χ1n) is 9.99. The summed E-state index contributed by atoms with van der Waals surface area (Å²) >= 11 is 0. The maximum absolute atomic E-state index is 11.9. The molecule has 4 aliphatic rings. The summed E-state index contributed by atoms with van der Waals surface area (Å²) < 4.78 is 0. The predicted molar refractivity (Wildman–Crippen MR) is 120 cm³/mol. The summed E-state index contributed by atoms with van der Waals surface area (Å²) in [5.41, 5.74) is 0. The van der Waals surface area contributed by atoms with Crippen LogP contribution in [-0.4, -0.2) is 123 Å². The number of hydrogen-bond acceptors (Lipinski definition) is 5. The molecule has 27 heavy (non-hydrogen) atoms. The molecule has 4 heterocycles. The van der Waals surface area contributed by atoms with Gasteiger partial charge in [-0.25, -0.2) is 0 Å². The Kier molecular flexibility index (Phi) is 9.03. The highest BCUT2D eigenvalue weighted by atomic mass is 127. The van der Waals surface area contributed by atoms with Crippen molar-refractivity contribution in [1.82, 2.24) is 30.2 Å². The molecule has 1 atom stereocenters. The third-order valence-corrected chi connectivity index (χ3v) is 5.59. The third kappa shape index (κ3) is 6.43. The van der Waals surface area contributed by atoms with Gasteiger partial charge in [-0.2, -0.15) is 0 Å². The van der Waals surface area contributed by atoms with Crippen molar-refractivity contribution in [3.05, 3.63) is 0 Å². The highest BCUT2D eigenvalue weighted by Gasteiger charge is 2.32. The maximum atomic E-state index is 11.9. The van der Waals surface area contributed by atoms with E-state index in [1.807, 2.05) is 20.9 Å². The predicted octanol–water partition coefficient (Wildman–Crippen LogP) is -0.678. The first-order valence-corrected chi connectivity index (χ1v) is 9.99. The van der Waals surface area contributed by atoms with Gasteiger partial charge in [0.05, 0.1) is 6.54 Å². The van der Waals surface area contributed by atoms with Crippen LogP contribution in [0.25, 0.3) is 0 Å². The number of hydrogen-bond donors (Lipinski definition) is 2. The maximum Gasteiger partial charge on any atom is 0.234 e. The van der Waals surface area contributed by atoms with Gasteiger partial charge in [-0.15, -0.1) is 24.0 Å². The molecule has 0 saturated carbocycles. The van der Waals surface area contributed by atoms with Crippen LogP contribution in [0.5, 0.6) is 0 Å². The molecule has 8 nitrogen and oxygen atoms in total. The Hall–Kier alpha value is -0.650. The van der Waals surface area contributed by atoms with E-state index in [9.17, 15) is 4.79 Å². The topological polar surface area (TPSA) is 66.5 Å². The lowest BCUT2D eigenvalue weighted by atomic mass is 10.1. The standard InChI is InChI=1S/C18H35N7O.HI/c1-15(2)21-17(26)14-23-6-10-25(11-7-23)18(19-3)20-12-16-13-22-4-8-24(16)9-5-22;/h15-16H,4-14H2,1-3H3,(H,19,20)(H,21,26);1H. The van der Waals surface area contributed by atoms with Gasteiger partial charge in [-0.3, -0.25) is 24.5 Å². The fraction of sp³-hybridized carbons (Fsp3) is 0.889. The molecule has 4 saturated heterocycles. The largest absolute Gasteiger partial charge is 0.355 e. The van der Waals surface area contributed by atoms with E-state index in [2.05, 4.69) is 35.2 Å². The second-order valence-electron chi connectivity index (χ2n) is 7.90. The second-order valence-corrected chi connectivity index (χ2v) is 7.90. The van der Waals surface area contributed by atoms with Crippen LogP contribution in [0.3, 0.4) is 0 Å². The third-order valence-electron chi connectivity index (χ3n) is 5.59. The van der Waals surface area contributed by atoms with Crippen LogP contribution < -0.4 is 10.6 Å². The van der Waals surface area contributed by atoms with E-state index >= 15 is 0 Å². The number of halogens is 1. The van der Waals surface area contributed by atoms with Crippen molar-refractivity contribution >= 4 is 35.8 Å². The molecule has 2 N–H and O–H groups in total. The quantitative estimate of drug-likeness (QED) is 0.301. The van der Waals surface area contributed by atoms with Crippen LogP contribution in [0.2, 0.25) is 0 Å². The van der Waals surface area contributed by atoms with E-state index in [0.29, 0.717) is 12.6 Å². The van der Waals surface area contributed by atoms with Crippen LogP contribution in [0.1, 0.15) is 13.8 Å². The van der Waals surface area contributed by atoms with Gasteiger partial charge in [0.1, 0.15) is 0 Å².